The minimum Gasteiger partial charge on any atom is -0.302 e. The van der Waals surface area contributed by atoms with Crippen molar-refractivity contribution < 1.29 is 0 Å². The molecule has 1 aliphatic rings. The van der Waals surface area contributed by atoms with Crippen LogP contribution in [0.1, 0.15) is 11.1 Å². The van der Waals surface area contributed by atoms with E-state index >= 15 is 0 Å². The Kier molecular flexibility index (Phi) is 2.65. The molecule has 2 heterocycles. The standard InChI is InChI=1S/C15H16N2/c1-17-9-7-12-10-13(5-6-14(12)11-17)15-4-2-3-8-16-15/h2-6,8,10H,7,9,11H2,1H3. The highest BCUT2D eigenvalue weighted by molar-refractivity contribution is 5.61. The summed E-state index contributed by atoms with van der Waals surface area (Å²) in [4.78, 5) is 6.77. The van der Waals surface area contributed by atoms with Gasteiger partial charge in [0.1, 0.15) is 0 Å². The summed E-state index contributed by atoms with van der Waals surface area (Å²) in [6.45, 7) is 2.22. The minimum atomic E-state index is 1.06. The SMILES string of the molecule is CN1CCc2cc(-c3ccccn3)ccc2C1. The van der Waals surface area contributed by atoms with Gasteiger partial charge < -0.3 is 4.90 Å². The van der Waals surface area contributed by atoms with Gasteiger partial charge in [-0.1, -0.05) is 18.2 Å². The Bertz CT molecular complexity index is 520. The summed E-state index contributed by atoms with van der Waals surface area (Å²) in [6.07, 6.45) is 3.00. The molecular weight excluding hydrogens is 208 g/mol. The lowest BCUT2D eigenvalue weighted by molar-refractivity contribution is 0.313. The first-order valence-electron chi connectivity index (χ1n) is 6.05. The van der Waals surface area contributed by atoms with Gasteiger partial charge in [-0.2, -0.15) is 0 Å². The molecule has 0 atom stereocenters. The molecule has 17 heavy (non-hydrogen) atoms. The lowest BCUT2D eigenvalue weighted by Crippen LogP contribution is -2.26. The van der Waals surface area contributed by atoms with Gasteiger partial charge in [0.05, 0.1) is 5.69 Å². The van der Waals surface area contributed by atoms with E-state index in [1.807, 2.05) is 18.3 Å². The second-order valence-corrected chi connectivity index (χ2v) is 4.69. The fraction of sp³-hybridized carbons (Fsp3) is 0.267. The number of fused-ring (bicyclic) bond motifs is 1. The highest BCUT2D eigenvalue weighted by Crippen LogP contribution is 2.24. The van der Waals surface area contributed by atoms with Gasteiger partial charge in [-0.3, -0.25) is 4.98 Å². The third-order valence-corrected chi connectivity index (χ3v) is 3.37. The zero-order valence-electron chi connectivity index (χ0n) is 10.1. The van der Waals surface area contributed by atoms with E-state index in [9.17, 15) is 0 Å². The molecule has 2 nitrogen and oxygen atoms in total. The van der Waals surface area contributed by atoms with Crippen LogP contribution >= 0.6 is 0 Å². The Balaban J connectivity index is 1.99. The lowest BCUT2D eigenvalue weighted by atomic mass is 9.96. The predicted octanol–water partition coefficient (Wildman–Crippen LogP) is 2.74. The third kappa shape index (κ3) is 2.08. The number of hydrogen-bond acceptors (Lipinski definition) is 2. The van der Waals surface area contributed by atoms with E-state index in [0.717, 1.165) is 25.2 Å². The summed E-state index contributed by atoms with van der Waals surface area (Å²) < 4.78 is 0. The molecular formula is C15H16N2. The lowest BCUT2D eigenvalue weighted by Gasteiger charge is -2.25. The van der Waals surface area contributed by atoms with Crippen molar-refractivity contribution in [3.05, 3.63) is 53.7 Å². The molecule has 1 aromatic heterocycles. The summed E-state index contributed by atoms with van der Waals surface area (Å²) in [5.74, 6) is 0. The van der Waals surface area contributed by atoms with Crippen molar-refractivity contribution in [3.8, 4) is 11.3 Å². The topological polar surface area (TPSA) is 16.1 Å². The Morgan fingerprint density at radius 3 is 2.88 bits per heavy atom. The normalized spacial score (nSPS) is 15.6. The third-order valence-electron chi connectivity index (χ3n) is 3.37. The molecule has 0 saturated carbocycles. The molecule has 2 heteroatoms. The second-order valence-electron chi connectivity index (χ2n) is 4.69. The first kappa shape index (κ1) is 10.5. The number of hydrogen-bond donors (Lipinski definition) is 0. The second kappa shape index (κ2) is 4.30. The van der Waals surface area contributed by atoms with Gasteiger partial charge in [0, 0.05) is 24.8 Å². The zero-order chi connectivity index (χ0) is 11.7. The number of aromatic nitrogens is 1. The van der Waals surface area contributed by atoms with E-state index < -0.39 is 0 Å². The van der Waals surface area contributed by atoms with Crippen molar-refractivity contribution in [2.45, 2.75) is 13.0 Å². The predicted molar refractivity (Wildman–Crippen MR) is 69.7 cm³/mol. The van der Waals surface area contributed by atoms with Crippen LogP contribution in [0.4, 0.5) is 0 Å². The van der Waals surface area contributed by atoms with Crippen LogP contribution in [0.2, 0.25) is 0 Å². The van der Waals surface area contributed by atoms with E-state index in [2.05, 4.69) is 41.2 Å². The van der Waals surface area contributed by atoms with Crippen LogP contribution in [0, 0.1) is 0 Å². The molecule has 0 amide bonds. The van der Waals surface area contributed by atoms with Crippen LogP contribution in [-0.2, 0) is 13.0 Å². The first-order chi connectivity index (χ1) is 8.33. The van der Waals surface area contributed by atoms with Crippen LogP contribution in [0.25, 0.3) is 11.3 Å². The van der Waals surface area contributed by atoms with Crippen LogP contribution in [0.5, 0.6) is 0 Å². The van der Waals surface area contributed by atoms with Crippen LogP contribution in [0.3, 0.4) is 0 Å². The van der Waals surface area contributed by atoms with Crippen molar-refractivity contribution >= 4 is 0 Å². The Morgan fingerprint density at radius 2 is 2.06 bits per heavy atom. The quantitative estimate of drug-likeness (QED) is 0.740. The summed E-state index contributed by atoms with van der Waals surface area (Å²) in [5, 5.41) is 0. The van der Waals surface area contributed by atoms with Gasteiger partial charge in [0.2, 0.25) is 0 Å². The molecule has 0 aliphatic carbocycles. The Labute approximate surface area is 102 Å². The molecule has 0 fully saturated rings. The zero-order valence-corrected chi connectivity index (χ0v) is 10.1. The number of likely N-dealkylation sites (N-methyl/N-ethyl adjacent to an activating group) is 1. The maximum absolute atomic E-state index is 4.40. The number of nitrogens with zero attached hydrogens (tertiary/aromatic N) is 2. The van der Waals surface area contributed by atoms with E-state index in [0.29, 0.717) is 0 Å². The molecule has 0 spiro atoms. The summed E-state index contributed by atoms with van der Waals surface area (Å²) in [7, 11) is 2.18. The maximum Gasteiger partial charge on any atom is 0.0702 e. The van der Waals surface area contributed by atoms with Gasteiger partial charge in [0.25, 0.3) is 0 Å². The highest BCUT2D eigenvalue weighted by Gasteiger charge is 2.13. The van der Waals surface area contributed by atoms with Gasteiger partial charge in [0.15, 0.2) is 0 Å². The number of benzene rings is 1. The van der Waals surface area contributed by atoms with Crippen LogP contribution < -0.4 is 0 Å². The van der Waals surface area contributed by atoms with Crippen molar-refractivity contribution in [1.29, 1.82) is 0 Å². The van der Waals surface area contributed by atoms with Crippen LogP contribution in [-0.4, -0.2) is 23.5 Å². The maximum atomic E-state index is 4.40. The average molecular weight is 224 g/mol. The van der Waals surface area contributed by atoms with Gasteiger partial charge in [-0.05, 0) is 42.8 Å². The summed E-state index contributed by atoms with van der Waals surface area (Å²) >= 11 is 0. The Morgan fingerprint density at radius 1 is 1.12 bits per heavy atom. The largest absolute Gasteiger partial charge is 0.302 e. The molecule has 0 bridgehead atoms. The first-order valence-corrected chi connectivity index (χ1v) is 6.05. The smallest absolute Gasteiger partial charge is 0.0702 e. The molecule has 1 aromatic carbocycles. The van der Waals surface area contributed by atoms with Crippen LogP contribution in [0.15, 0.2) is 42.6 Å². The van der Waals surface area contributed by atoms with E-state index in [4.69, 9.17) is 0 Å². The molecule has 1 aliphatic heterocycles. The fourth-order valence-electron chi connectivity index (χ4n) is 2.39. The Hall–Kier alpha value is -1.67. The highest BCUT2D eigenvalue weighted by atomic mass is 15.1. The molecule has 0 radical (unpaired) electrons. The van der Waals surface area contributed by atoms with Crippen molar-refractivity contribution in [2.24, 2.45) is 0 Å². The van der Waals surface area contributed by atoms with Crippen molar-refractivity contribution in [3.63, 3.8) is 0 Å². The summed E-state index contributed by atoms with van der Waals surface area (Å²) in [5.41, 5.74) is 5.23. The number of pyridine rings is 1. The van der Waals surface area contributed by atoms with Gasteiger partial charge in [-0.15, -0.1) is 0 Å². The van der Waals surface area contributed by atoms with E-state index in [1.165, 1.54) is 16.7 Å². The van der Waals surface area contributed by atoms with Crippen molar-refractivity contribution in [1.82, 2.24) is 9.88 Å². The number of rotatable bonds is 1. The molecule has 2 aromatic rings. The summed E-state index contributed by atoms with van der Waals surface area (Å²) in [6, 6.07) is 12.8. The monoisotopic (exact) mass is 224 g/mol. The minimum absolute atomic E-state index is 1.06. The molecule has 0 unspecified atom stereocenters. The van der Waals surface area contributed by atoms with Crippen molar-refractivity contribution in [2.75, 3.05) is 13.6 Å². The molecule has 3 rings (SSSR count). The van der Waals surface area contributed by atoms with E-state index in [-0.39, 0.29) is 0 Å². The molecule has 0 saturated heterocycles. The fourth-order valence-corrected chi connectivity index (χ4v) is 2.39. The van der Waals surface area contributed by atoms with Gasteiger partial charge in [-0.25, -0.2) is 0 Å². The van der Waals surface area contributed by atoms with Gasteiger partial charge >= 0.3 is 0 Å². The average Bonchev–Trinajstić information content (AvgIpc) is 2.39. The van der Waals surface area contributed by atoms with E-state index in [1.54, 1.807) is 0 Å². The molecule has 86 valence electrons. The molecule has 0 N–H and O–H groups in total.